The molecule has 0 radical (unpaired) electrons. The summed E-state index contributed by atoms with van der Waals surface area (Å²) < 4.78 is 18.6. The summed E-state index contributed by atoms with van der Waals surface area (Å²) in [6.45, 7) is 5.20. The fourth-order valence-corrected chi connectivity index (χ4v) is 1.67. The van der Waals surface area contributed by atoms with Gasteiger partial charge in [0.25, 0.3) is 0 Å². The molecule has 0 aliphatic rings. The third-order valence-corrected chi connectivity index (χ3v) is 2.63. The summed E-state index contributed by atoms with van der Waals surface area (Å²) in [6, 6.07) is 5.83. The maximum absolute atomic E-state index is 13.5. The summed E-state index contributed by atoms with van der Waals surface area (Å²) in [7, 11) is 0. The molecule has 0 spiro atoms. The Morgan fingerprint density at radius 3 is 2.59 bits per heavy atom. The predicted octanol–water partition coefficient (Wildman–Crippen LogP) is 2.44. The topological polar surface area (TPSA) is 79.2 Å². The average Bonchev–Trinajstić information content (AvgIpc) is 2.42. The number of carbonyl (C=O) groups is 2. The van der Waals surface area contributed by atoms with Crippen LogP contribution in [0.5, 0.6) is 0 Å². The average molecular weight is 306 g/mol. The van der Waals surface area contributed by atoms with Crippen LogP contribution in [-0.2, 0) is 20.9 Å². The number of nitrogens with zero attached hydrogens (tertiary/aromatic N) is 1. The predicted molar refractivity (Wildman–Crippen MR) is 78.0 cm³/mol. The lowest BCUT2D eigenvalue weighted by Gasteiger charge is -2.19. The molecule has 6 heteroatoms. The largest absolute Gasteiger partial charge is 0.460 e. The number of nitrogens with one attached hydrogen (secondary N) is 1. The number of amides is 1. The van der Waals surface area contributed by atoms with Crippen LogP contribution in [-0.4, -0.2) is 17.5 Å². The van der Waals surface area contributed by atoms with Crippen LogP contribution in [0.15, 0.2) is 18.2 Å². The van der Waals surface area contributed by atoms with E-state index >= 15 is 0 Å². The number of nitriles is 1. The molecule has 0 atom stereocenters. The molecule has 0 saturated carbocycles. The zero-order valence-corrected chi connectivity index (χ0v) is 12.9. The van der Waals surface area contributed by atoms with Gasteiger partial charge in [0.15, 0.2) is 0 Å². The smallest absolute Gasteiger partial charge is 0.306 e. The van der Waals surface area contributed by atoms with E-state index < -0.39 is 17.4 Å². The summed E-state index contributed by atoms with van der Waals surface area (Å²) in [5, 5.41) is 11.3. The summed E-state index contributed by atoms with van der Waals surface area (Å²) in [5.74, 6) is -1.33. The molecule has 5 nitrogen and oxygen atoms in total. The Morgan fingerprint density at radius 2 is 2.00 bits per heavy atom. The summed E-state index contributed by atoms with van der Waals surface area (Å²) >= 11 is 0. The molecule has 0 unspecified atom stereocenters. The molecule has 1 aromatic rings. The minimum Gasteiger partial charge on any atom is -0.460 e. The number of benzene rings is 1. The van der Waals surface area contributed by atoms with Crippen LogP contribution in [0.4, 0.5) is 4.39 Å². The monoisotopic (exact) mass is 306 g/mol. The molecule has 1 N–H and O–H groups in total. The van der Waals surface area contributed by atoms with Crippen molar-refractivity contribution in [3.05, 3.63) is 35.1 Å². The maximum Gasteiger partial charge on any atom is 0.306 e. The number of ether oxygens (including phenoxy) is 1. The molecule has 0 fully saturated rings. The Bertz CT molecular complexity index is 600. The zero-order valence-electron chi connectivity index (χ0n) is 12.9. The molecule has 1 amide bonds. The van der Waals surface area contributed by atoms with Crippen molar-refractivity contribution in [1.82, 2.24) is 5.32 Å². The lowest BCUT2D eigenvalue weighted by molar-refractivity contribution is -0.155. The Hall–Kier alpha value is -2.42. The number of carbonyl (C=O) groups excluding carboxylic acids is 2. The van der Waals surface area contributed by atoms with Crippen LogP contribution in [0.3, 0.4) is 0 Å². The fraction of sp³-hybridized carbons (Fsp3) is 0.438. The first kappa shape index (κ1) is 17.6. The minimum atomic E-state index is -0.589. The van der Waals surface area contributed by atoms with Gasteiger partial charge in [-0.25, -0.2) is 4.39 Å². The molecule has 118 valence electrons. The van der Waals surface area contributed by atoms with E-state index in [0.717, 1.165) is 0 Å². The van der Waals surface area contributed by atoms with Gasteiger partial charge in [-0.2, -0.15) is 5.26 Å². The highest BCUT2D eigenvalue weighted by Gasteiger charge is 2.17. The Kier molecular flexibility index (Phi) is 6.05. The Labute approximate surface area is 129 Å². The third kappa shape index (κ3) is 6.35. The SMILES string of the molecule is CC(C)(C)OC(=O)CCC(=O)NCc1cc(C#N)ccc1F. The number of hydrogen-bond donors (Lipinski definition) is 1. The highest BCUT2D eigenvalue weighted by atomic mass is 19.1. The van der Waals surface area contributed by atoms with E-state index in [2.05, 4.69) is 5.32 Å². The Balaban J connectivity index is 2.44. The van der Waals surface area contributed by atoms with Crippen LogP contribution in [0, 0.1) is 17.1 Å². The van der Waals surface area contributed by atoms with Gasteiger partial charge in [-0.1, -0.05) is 0 Å². The van der Waals surface area contributed by atoms with Crippen molar-refractivity contribution in [3.63, 3.8) is 0 Å². The molecule has 0 heterocycles. The second kappa shape index (κ2) is 7.55. The number of hydrogen-bond acceptors (Lipinski definition) is 4. The van der Waals surface area contributed by atoms with E-state index in [1.165, 1.54) is 18.2 Å². The lowest BCUT2D eigenvalue weighted by Crippen LogP contribution is -2.27. The zero-order chi connectivity index (χ0) is 16.8. The van der Waals surface area contributed by atoms with Crippen molar-refractivity contribution in [3.8, 4) is 6.07 Å². The summed E-state index contributed by atoms with van der Waals surface area (Å²) in [6.07, 6.45) is -0.0711. The van der Waals surface area contributed by atoms with E-state index in [0.29, 0.717) is 5.56 Å². The molecule has 22 heavy (non-hydrogen) atoms. The van der Waals surface area contributed by atoms with Crippen LogP contribution in [0.2, 0.25) is 0 Å². The lowest BCUT2D eigenvalue weighted by atomic mass is 10.1. The third-order valence-electron chi connectivity index (χ3n) is 2.63. The van der Waals surface area contributed by atoms with Crippen molar-refractivity contribution in [2.75, 3.05) is 0 Å². The Morgan fingerprint density at radius 1 is 1.32 bits per heavy atom. The van der Waals surface area contributed by atoms with Crippen molar-refractivity contribution in [1.29, 1.82) is 5.26 Å². The first-order valence-electron chi connectivity index (χ1n) is 6.88. The first-order valence-corrected chi connectivity index (χ1v) is 6.88. The first-order chi connectivity index (χ1) is 10.2. The summed E-state index contributed by atoms with van der Waals surface area (Å²) in [5.41, 5.74) is -0.0434. The number of rotatable bonds is 5. The maximum atomic E-state index is 13.5. The van der Waals surface area contributed by atoms with Gasteiger partial charge in [0, 0.05) is 18.5 Å². The molecular weight excluding hydrogens is 287 g/mol. The molecule has 0 bridgehead atoms. The van der Waals surface area contributed by atoms with Gasteiger partial charge in [-0.3, -0.25) is 9.59 Å². The van der Waals surface area contributed by atoms with E-state index in [1.807, 2.05) is 6.07 Å². The van der Waals surface area contributed by atoms with Crippen molar-refractivity contribution in [2.45, 2.75) is 45.8 Å². The normalized spacial score (nSPS) is 10.7. The summed E-state index contributed by atoms with van der Waals surface area (Å²) in [4.78, 5) is 23.1. The molecule has 1 aromatic carbocycles. The van der Waals surface area contributed by atoms with Crippen LogP contribution in [0.1, 0.15) is 44.7 Å². The van der Waals surface area contributed by atoms with Gasteiger partial charge in [-0.15, -0.1) is 0 Å². The highest BCUT2D eigenvalue weighted by molar-refractivity contribution is 5.81. The van der Waals surface area contributed by atoms with Gasteiger partial charge in [0.2, 0.25) is 5.91 Å². The molecule has 1 rings (SSSR count). The molecule has 0 aromatic heterocycles. The second-order valence-electron chi connectivity index (χ2n) is 5.78. The molecular formula is C16H19FN2O3. The van der Waals surface area contributed by atoms with Crippen molar-refractivity contribution >= 4 is 11.9 Å². The van der Waals surface area contributed by atoms with E-state index in [1.54, 1.807) is 20.8 Å². The van der Waals surface area contributed by atoms with E-state index in [4.69, 9.17) is 10.00 Å². The van der Waals surface area contributed by atoms with E-state index in [-0.39, 0.29) is 30.9 Å². The quantitative estimate of drug-likeness (QED) is 0.847. The standard InChI is InChI=1S/C16H19FN2O3/c1-16(2,3)22-15(21)7-6-14(20)19-10-12-8-11(9-18)4-5-13(12)17/h4-5,8H,6-7,10H2,1-3H3,(H,19,20). The number of halogens is 1. The van der Waals surface area contributed by atoms with Gasteiger partial charge in [0.1, 0.15) is 11.4 Å². The van der Waals surface area contributed by atoms with Gasteiger partial charge < -0.3 is 10.1 Å². The van der Waals surface area contributed by atoms with E-state index in [9.17, 15) is 14.0 Å². The van der Waals surface area contributed by atoms with Crippen molar-refractivity contribution < 1.29 is 18.7 Å². The molecule has 0 aliphatic heterocycles. The fourth-order valence-electron chi connectivity index (χ4n) is 1.67. The molecule has 0 saturated heterocycles. The molecule has 0 aliphatic carbocycles. The second-order valence-corrected chi connectivity index (χ2v) is 5.78. The van der Waals surface area contributed by atoms with Crippen LogP contribution < -0.4 is 5.32 Å². The highest BCUT2D eigenvalue weighted by Crippen LogP contribution is 2.11. The van der Waals surface area contributed by atoms with Crippen molar-refractivity contribution in [2.24, 2.45) is 0 Å². The van der Waals surface area contributed by atoms with Gasteiger partial charge in [0.05, 0.1) is 18.1 Å². The number of esters is 1. The van der Waals surface area contributed by atoms with Crippen LogP contribution >= 0.6 is 0 Å². The van der Waals surface area contributed by atoms with Gasteiger partial charge >= 0.3 is 5.97 Å². The van der Waals surface area contributed by atoms with Gasteiger partial charge in [-0.05, 0) is 39.0 Å². The minimum absolute atomic E-state index is 0.0332. The van der Waals surface area contributed by atoms with Crippen LogP contribution in [0.25, 0.3) is 0 Å².